The van der Waals surface area contributed by atoms with Crippen molar-refractivity contribution in [1.82, 2.24) is 9.78 Å². The van der Waals surface area contributed by atoms with Crippen molar-refractivity contribution in [1.29, 1.82) is 0 Å². The quantitative estimate of drug-likeness (QED) is 0.898. The van der Waals surface area contributed by atoms with Gasteiger partial charge in [0.15, 0.2) is 0 Å². The molecule has 3 nitrogen and oxygen atoms in total. The van der Waals surface area contributed by atoms with Gasteiger partial charge in [-0.2, -0.15) is 5.10 Å². The zero-order chi connectivity index (χ0) is 14.9. The van der Waals surface area contributed by atoms with Gasteiger partial charge < -0.3 is 5.11 Å². The van der Waals surface area contributed by atoms with E-state index in [9.17, 15) is 13.9 Å². The first-order valence-corrected chi connectivity index (χ1v) is 7.91. The van der Waals surface area contributed by atoms with Gasteiger partial charge in [-0.1, -0.05) is 0 Å². The average Bonchev–Trinajstić information content (AvgIpc) is 2.66. The first-order valence-electron chi connectivity index (χ1n) is 7.11. The molecule has 1 unspecified atom stereocenters. The number of aliphatic hydroxyl groups excluding tert-OH is 1. The van der Waals surface area contributed by atoms with Crippen LogP contribution in [0.2, 0.25) is 0 Å². The van der Waals surface area contributed by atoms with Crippen molar-refractivity contribution in [2.24, 2.45) is 5.92 Å². The molecule has 1 N–H and O–H groups in total. The summed E-state index contributed by atoms with van der Waals surface area (Å²) >= 11 is 3.50. The highest BCUT2D eigenvalue weighted by Gasteiger charge is 2.37. The van der Waals surface area contributed by atoms with Gasteiger partial charge in [0, 0.05) is 25.8 Å². The van der Waals surface area contributed by atoms with Crippen molar-refractivity contribution in [3.05, 3.63) is 15.9 Å². The molecule has 0 radical (unpaired) electrons. The van der Waals surface area contributed by atoms with E-state index in [4.69, 9.17) is 0 Å². The third kappa shape index (κ3) is 3.39. The topological polar surface area (TPSA) is 38.0 Å². The lowest BCUT2D eigenvalue weighted by Crippen LogP contribution is -2.32. The lowest BCUT2D eigenvalue weighted by molar-refractivity contribution is -0.0621. The van der Waals surface area contributed by atoms with Crippen LogP contribution in [-0.4, -0.2) is 26.9 Å². The SMILES string of the molecule is CCn1nc(C)c(Br)c1CC(O)C1CCC(F)(F)CC1. The van der Waals surface area contributed by atoms with Crippen LogP contribution >= 0.6 is 15.9 Å². The van der Waals surface area contributed by atoms with Crippen LogP contribution in [0.3, 0.4) is 0 Å². The standard InChI is InChI=1S/C14H21BrF2N2O/c1-3-19-11(13(15)9(2)18-19)8-12(20)10-4-6-14(16,17)7-5-10/h10,12,20H,3-8H2,1-2H3. The number of nitrogens with zero attached hydrogens (tertiary/aromatic N) is 2. The third-order valence-corrected chi connectivity index (χ3v) is 5.19. The Morgan fingerprint density at radius 3 is 2.60 bits per heavy atom. The molecule has 1 heterocycles. The molecular weight excluding hydrogens is 330 g/mol. The van der Waals surface area contributed by atoms with E-state index in [-0.39, 0.29) is 18.8 Å². The molecule has 1 fully saturated rings. The second kappa shape index (κ2) is 6.10. The third-order valence-electron chi connectivity index (χ3n) is 4.16. The van der Waals surface area contributed by atoms with Crippen LogP contribution in [0.15, 0.2) is 4.47 Å². The van der Waals surface area contributed by atoms with Gasteiger partial charge in [-0.3, -0.25) is 4.68 Å². The fourth-order valence-corrected chi connectivity index (χ4v) is 3.32. The van der Waals surface area contributed by atoms with Gasteiger partial charge in [0.2, 0.25) is 5.92 Å². The molecule has 1 aromatic heterocycles. The van der Waals surface area contributed by atoms with Gasteiger partial charge in [0.1, 0.15) is 0 Å². The van der Waals surface area contributed by atoms with E-state index in [2.05, 4.69) is 21.0 Å². The number of aromatic nitrogens is 2. The Kier molecular flexibility index (Phi) is 4.84. The van der Waals surface area contributed by atoms with Gasteiger partial charge in [0.25, 0.3) is 0 Å². The minimum absolute atomic E-state index is 0.0398. The maximum absolute atomic E-state index is 13.2. The van der Waals surface area contributed by atoms with E-state index >= 15 is 0 Å². The molecule has 1 aliphatic rings. The van der Waals surface area contributed by atoms with Crippen molar-refractivity contribution in [3.63, 3.8) is 0 Å². The summed E-state index contributed by atoms with van der Waals surface area (Å²) in [4.78, 5) is 0. The van der Waals surface area contributed by atoms with Gasteiger partial charge in [-0.15, -0.1) is 0 Å². The summed E-state index contributed by atoms with van der Waals surface area (Å²) in [6, 6.07) is 0. The lowest BCUT2D eigenvalue weighted by Gasteiger charge is -2.31. The van der Waals surface area contributed by atoms with Crippen molar-refractivity contribution in [3.8, 4) is 0 Å². The van der Waals surface area contributed by atoms with Crippen molar-refractivity contribution >= 4 is 15.9 Å². The number of halogens is 3. The Bertz CT molecular complexity index is 466. The molecule has 114 valence electrons. The highest BCUT2D eigenvalue weighted by atomic mass is 79.9. The Morgan fingerprint density at radius 1 is 1.45 bits per heavy atom. The summed E-state index contributed by atoms with van der Waals surface area (Å²) in [6.07, 6.45) is 0.453. The molecule has 0 amide bonds. The minimum Gasteiger partial charge on any atom is -0.392 e. The number of aryl methyl sites for hydroxylation is 2. The van der Waals surface area contributed by atoms with E-state index in [1.54, 1.807) is 0 Å². The summed E-state index contributed by atoms with van der Waals surface area (Å²) in [7, 11) is 0. The molecule has 0 spiro atoms. The van der Waals surface area contributed by atoms with Gasteiger partial charge in [-0.05, 0) is 48.5 Å². The molecule has 1 saturated carbocycles. The van der Waals surface area contributed by atoms with E-state index in [1.807, 2.05) is 18.5 Å². The first-order chi connectivity index (χ1) is 9.34. The second-order valence-corrected chi connectivity index (χ2v) is 6.42. The Hall–Kier alpha value is -0.490. The average molecular weight is 351 g/mol. The van der Waals surface area contributed by atoms with Crippen LogP contribution in [0.25, 0.3) is 0 Å². The monoisotopic (exact) mass is 350 g/mol. The van der Waals surface area contributed by atoms with Crippen LogP contribution in [-0.2, 0) is 13.0 Å². The molecular formula is C14H21BrF2N2O. The number of hydrogen-bond acceptors (Lipinski definition) is 2. The molecule has 1 atom stereocenters. The van der Waals surface area contributed by atoms with Gasteiger partial charge >= 0.3 is 0 Å². The van der Waals surface area contributed by atoms with E-state index in [0.717, 1.165) is 22.4 Å². The van der Waals surface area contributed by atoms with Crippen molar-refractivity contribution in [2.75, 3.05) is 0 Å². The predicted molar refractivity (Wildman–Crippen MR) is 77.0 cm³/mol. The fourth-order valence-electron chi connectivity index (χ4n) is 2.88. The molecule has 0 saturated heterocycles. The summed E-state index contributed by atoms with van der Waals surface area (Å²) in [5.74, 6) is -2.58. The van der Waals surface area contributed by atoms with Crippen LogP contribution in [0.4, 0.5) is 8.78 Å². The Balaban J connectivity index is 2.03. The van der Waals surface area contributed by atoms with Crippen LogP contribution in [0, 0.1) is 12.8 Å². The fraction of sp³-hybridized carbons (Fsp3) is 0.786. The minimum atomic E-state index is -2.54. The zero-order valence-electron chi connectivity index (χ0n) is 11.9. The number of aliphatic hydroxyl groups is 1. The van der Waals surface area contributed by atoms with Gasteiger partial charge in [0.05, 0.1) is 22.0 Å². The molecule has 1 aromatic rings. The van der Waals surface area contributed by atoms with Crippen LogP contribution in [0.1, 0.15) is 44.0 Å². The van der Waals surface area contributed by atoms with Crippen LogP contribution < -0.4 is 0 Å². The molecule has 20 heavy (non-hydrogen) atoms. The smallest absolute Gasteiger partial charge is 0.248 e. The summed E-state index contributed by atoms with van der Waals surface area (Å²) in [5, 5.41) is 14.7. The highest BCUT2D eigenvalue weighted by molar-refractivity contribution is 9.10. The van der Waals surface area contributed by atoms with E-state index in [0.29, 0.717) is 19.3 Å². The van der Waals surface area contributed by atoms with Crippen LogP contribution in [0.5, 0.6) is 0 Å². The molecule has 0 aliphatic heterocycles. The maximum Gasteiger partial charge on any atom is 0.248 e. The molecule has 0 bridgehead atoms. The van der Waals surface area contributed by atoms with Crippen molar-refractivity contribution < 1.29 is 13.9 Å². The molecule has 6 heteroatoms. The molecule has 2 rings (SSSR count). The Morgan fingerprint density at radius 2 is 2.05 bits per heavy atom. The second-order valence-electron chi connectivity index (χ2n) is 5.63. The molecule has 0 aromatic carbocycles. The summed E-state index contributed by atoms with van der Waals surface area (Å²) in [6.45, 7) is 4.64. The summed E-state index contributed by atoms with van der Waals surface area (Å²) < 4.78 is 29.1. The first kappa shape index (κ1) is 15.9. The number of hydrogen-bond donors (Lipinski definition) is 1. The predicted octanol–water partition coefficient (Wildman–Crippen LogP) is 3.70. The summed E-state index contributed by atoms with van der Waals surface area (Å²) in [5.41, 5.74) is 1.85. The highest BCUT2D eigenvalue weighted by Crippen LogP contribution is 2.38. The van der Waals surface area contributed by atoms with Crippen molar-refractivity contribution in [2.45, 2.75) is 64.5 Å². The maximum atomic E-state index is 13.2. The number of rotatable bonds is 4. The normalized spacial score (nSPS) is 21.1. The Labute approximate surface area is 126 Å². The van der Waals surface area contributed by atoms with E-state index in [1.165, 1.54) is 0 Å². The van der Waals surface area contributed by atoms with Gasteiger partial charge in [-0.25, -0.2) is 8.78 Å². The largest absolute Gasteiger partial charge is 0.392 e. The lowest BCUT2D eigenvalue weighted by atomic mass is 9.82. The number of alkyl halides is 2. The van der Waals surface area contributed by atoms with E-state index < -0.39 is 12.0 Å². The molecule has 1 aliphatic carbocycles. The zero-order valence-corrected chi connectivity index (χ0v) is 13.5.